The molecule has 5 heteroatoms. The van der Waals surface area contributed by atoms with Crippen LogP contribution in [0.1, 0.15) is 23.1 Å². The van der Waals surface area contributed by atoms with Crippen LogP contribution < -0.4 is 5.32 Å². The van der Waals surface area contributed by atoms with Gasteiger partial charge in [-0.25, -0.2) is 0 Å². The number of likely N-dealkylation sites (N-methyl/N-ethyl adjacent to an activating group) is 1. The van der Waals surface area contributed by atoms with Crippen LogP contribution >= 0.6 is 11.8 Å². The highest BCUT2D eigenvalue weighted by Crippen LogP contribution is 2.21. The summed E-state index contributed by atoms with van der Waals surface area (Å²) < 4.78 is 0. The molecular weight excluding hydrogens is 416 g/mol. The molecule has 0 spiro atoms. The molecule has 2 amide bonds. The Morgan fingerprint density at radius 2 is 1.50 bits per heavy atom. The van der Waals surface area contributed by atoms with Gasteiger partial charge in [-0.05, 0) is 30.2 Å². The molecule has 0 aliphatic heterocycles. The number of rotatable bonds is 10. The zero-order valence-corrected chi connectivity index (χ0v) is 19.5. The van der Waals surface area contributed by atoms with Gasteiger partial charge >= 0.3 is 0 Å². The van der Waals surface area contributed by atoms with Crippen molar-refractivity contribution in [2.45, 2.75) is 37.2 Å². The number of benzene rings is 3. The number of carbonyl (C=O) groups excluding carboxylic acids is 2. The van der Waals surface area contributed by atoms with Crippen molar-refractivity contribution in [1.29, 1.82) is 0 Å². The quantitative estimate of drug-likeness (QED) is 0.452. The first-order valence-corrected chi connectivity index (χ1v) is 11.8. The van der Waals surface area contributed by atoms with Crippen molar-refractivity contribution in [2.24, 2.45) is 0 Å². The predicted octanol–water partition coefficient (Wildman–Crippen LogP) is 4.86. The van der Waals surface area contributed by atoms with E-state index >= 15 is 0 Å². The monoisotopic (exact) mass is 446 g/mol. The highest BCUT2D eigenvalue weighted by atomic mass is 32.2. The average Bonchev–Trinajstić information content (AvgIpc) is 2.83. The fraction of sp³-hybridized carbons (Fsp3) is 0.259. The first kappa shape index (κ1) is 23.6. The lowest BCUT2D eigenvalue weighted by Gasteiger charge is -2.31. The van der Waals surface area contributed by atoms with E-state index in [9.17, 15) is 9.59 Å². The number of amides is 2. The van der Waals surface area contributed by atoms with E-state index in [1.54, 1.807) is 23.7 Å². The minimum atomic E-state index is -0.571. The summed E-state index contributed by atoms with van der Waals surface area (Å²) in [6.07, 6.45) is 0.845. The van der Waals surface area contributed by atoms with Crippen molar-refractivity contribution in [3.63, 3.8) is 0 Å². The molecule has 3 aromatic carbocycles. The summed E-state index contributed by atoms with van der Waals surface area (Å²) in [4.78, 5) is 29.2. The summed E-state index contributed by atoms with van der Waals surface area (Å²) in [7, 11) is 1.63. The van der Waals surface area contributed by atoms with E-state index < -0.39 is 6.04 Å². The van der Waals surface area contributed by atoms with Crippen LogP contribution in [-0.4, -0.2) is 35.6 Å². The molecule has 1 atom stereocenters. The molecule has 32 heavy (non-hydrogen) atoms. The van der Waals surface area contributed by atoms with E-state index in [4.69, 9.17) is 0 Å². The smallest absolute Gasteiger partial charge is 0.242 e. The van der Waals surface area contributed by atoms with Crippen molar-refractivity contribution in [3.05, 3.63) is 102 Å². The molecule has 0 aliphatic carbocycles. The fourth-order valence-corrected chi connectivity index (χ4v) is 4.39. The van der Waals surface area contributed by atoms with Crippen molar-refractivity contribution in [2.75, 3.05) is 12.8 Å². The number of aryl methyl sites for hydroxylation is 1. The summed E-state index contributed by atoms with van der Waals surface area (Å²) in [6.45, 7) is 2.44. The molecule has 0 fully saturated rings. The zero-order chi connectivity index (χ0) is 22.8. The van der Waals surface area contributed by atoms with Gasteiger partial charge in [0.05, 0.1) is 0 Å². The van der Waals surface area contributed by atoms with Gasteiger partial charge in [0.1, 0.15) is 6.04 Å². The van der Waals surface area contributed by atoms with E-state index in [2.05, 4.69) is 5.32 Å². The Hall–Kier alpha value is -3.05. The molecule has 0 radical (unpaired) electrons. The van der Waals surface area contributed by atoms with Gasteiger partial charge < -0.3 is 10.2 Å². The second kappa shape index (κ2) is 12.1. The van der Waals surface area contributed by atoms with E-state index in [1.807, 2.05) is 91.9 Å². The van der Waals surface area contributed by atoms with Gasteiger partial charge in [0.2, 0.25) is 11.8 Å². The summed E-state index contributed by atoms with van der Waals surface area (Å²) in [6, 6.07) is 27.5. The minimum absolute atomic E-state index is 0.0152. The van der Waals surface area contributed by atoms with Crippen LogP contribution in [0.15, 0.2) is 89.8 Å². The Labute approximate surface area is 195 Å². The normalized spacial score (nSPS) is 11.6. The second-order valence-electron chi connectivity index (χ2n) is 7.74. The molecule has 0 aromatic heterocycles. The Kier molecular flexibility index (Phi) is 8.93. The molecular formula is C27H30N2O2S. The number of nitrogens with one attached hydrogen (secondary N) is 1. The van der Waals surface area contributed by atoms with Gasteiger partial charge in [-0.3, -0.25) is 9.59 Å². The van der Waals surface area contributed by atoms with E-state index in [0.717, 1.165) is 21.6 Å². The van der Waals surface area contributed by atoms with Crippen molar-refractivity contribution in [3.8, 4) is 0 Å². The maximum atomic E-state index is 13.4. The zero-order valence-electron chi connectivity index (χ0n) is 18.7. The minimum Gasteiger partial charge on any atom is -0.357 e. The second-order valence-corrected chi connectivity index (χ2v) is 8.91. The molecule has 1 N–H and O–H groups in total. The van der Waals surface area contributed by atoms with Crippen LogP contribution in [0, 0.1) is 6.92 Å². The van der Waals surface area contributed by atoms with Crippen molar-refractivity contribution >= 4 is 23.6 Å². The highest BCUT2D eigenvalue weighted by Gasteiger charge is 2.29. The van der Waals surface area contributed by atoms with Crippen LogP contribution in [0.2, 0.25) is 0 Å². The number of thioether (sulfide) groups is 1. The van der Waals surface area contributed by atoms with Crippen molar-refractivity contribution < 1.29 is 9.59 Å². The third-order valence-corrected chi connectivity index (χ3v) is 6.33. The Balaban J connectivity index is 1.80. The maximum absolute atomic E-state index is 13.4. The topological polar surface area (TPSA) is 49.4 Å². The summed E-state index contributed by atoms with van der Waals surface area (Å²) >= 11 is 1.66. The Morgan fingerprint density at radius 1 is 0.875 bits per heavy atom. The van der Waals surface area contributed by atoms with Gasteiger partial charge in [0, 0.05) is 37.1 Å². The van der Waals surface area contributed by atoms with Crippen molar-refractivity contribution in [1.82, 2.24) is 10.2 Å². The standard InChI is InChI=1S/C27H30N2O2S/c1-21-13-15-23(16-14-21)20-29(26(30)17-18-32-24-11-7-4-8-12-24)25(27(31)28-2)19-22-9-5-3-6-10-22/h3-16,25H,17-20H2,1-2H3,(H,28,31)/t25-/m0/s1. The summed E-state index contributed by atoms with van der Waals surface area (Å²) in [5.74, 6) is 0.502. The maximum Gasteiger partial charge on any atom is 0.242 e. The molecule has 4 nitrogen and oxygen atoms in total. The molecule has 0 saturated heterocycles. The van der Waals surface area contributed by atoms with Gasteiger partial charge in [-0.15, -0.1) is 11.8 Å². The van der Waals surface area contributed by atoms with Gasteiger partial charge in [0.25, 0.3) is 0 Å². The molecule has 0 aliphatic rings. The van der Waals surface area contributed by atoms with E-state index in [-0.39, 0.29) is 11.8 Å². The highest BCUT2D eigenvalue weighted by molar-refractivity contribution is 7.99. The Morgan fingerprint density at radius 3 is 2.12 bits per heavy atom. The fourth-order valence-electron chi connectivity index (χ4n) is 3.53. The molecule has 3 rings (SSSR count). The predicted molar refractivity (Wildman–Crippen MR) is 132 cm³/mol. The number of carbonyl (C=O) groups is 2. The SMILES string of the molecule is CNC(=O)[C@H](Cc1ccccc1)N(Cc1ccc(C)cc1)C(=O)CCSc1ccccc1. The van der Waals surface area contributed by atoms with Crippen LogP contribution in [-0.2, 0) is 22.6 Å². The van der Waals surface area contributed by atoms with Crippen LogP contribution in [0.3, 0.4) is 0 Å². The lowest BCUT2D eigenvalue weighted by molar-refractivity contribution is -0.140. The summed E-state index contributed by atoms with van der Waals surface area (Å²) in [5, 5.41) is 2.76. The van der Waals surface area contributed by atoms with E-state index in [1.165, 1.54) is 0 Å². The Bertz CT molecular complexity index is 991. The van der Waals surface area contributed by atoms with Crippen LogP contribution in [0.25, 0.3) is 0 Å². The molecule has 0 unspecified atom stereocenters. The number of nitrogens with zero attached hydrogens (tertiary/aromatic N) is 1. The molecule has 3 aromatic rings. The lowest BCUT2D eigenvalue weighted by atomic mass is 10.0. The van der Waals surface area contributed by atoms with Gasteiger partial charge in [-0.2, -0.15) is 0 Å². The molecule has 0 saturated carbocycles. The van der Waals surface area contributed by atoms with Gasteiger partial charge in [-0.1, -0.05) is 78.4 Å². The third kappa shape index (κ3) is 6.99. The first-order chi connectivity index (χ1) is 15.6. The summed E-state index contributed by atoms with van der Waals surface area (Å²) in [5.41, 5.74) is 3.21. The first-order valence-electron chi connectivity index (χ1n) is 10.8. The largest absolute Gasteiger partial charge is 0.357 e. The van der Waals surface area contributed by atoms with Crippen LogP contribution in [0.5, 0.6) is 0 Å². The lowest BCUT2D eigenvalue weighted by Crippen LogP contribution is -2.49. The van der Waals surface area contributed by atoms with Crippen LogP contribution in [0.4, 0.5) is 0 Å². The molecule has 0 bridgehead atoms. The molecule has 0 heterocycles. The molecule has 166 valence electrons. The van der Waals surface area contributed by atoms with E-state index in [0.29, 0.717) is 25.1 Å². The third-order valence-electron chi connectivity index (χ3n) is 5.32. The average molecular weight is 447 g/mol. The number of hydrogen-bond acceptors (Lipinski definition) is 3. The van der Waals surface area contributed by atoms with Gasteiger partial charge in [0.15, 0.2) is 0 Å². The number of hydrogen-bond donors (Lipinski definition) is 1.